The number of fused-ring (bicyclic) bond motifs is 1. The van der Waals surface area contributed by atoms with Crippen molar-refractivity contribution in [2.45, 2.75) is 33.7 Å². The Hall–Kier alpha value is -2.63. The maximum Gasteiger partial charge on any atom is 0.337 e. The first-order valence-electron chi connectivity index (χ1n) is 7.27. The fraction of sp³-hybridized carbons (Fsp3) is 0.312. The van der Waals surface area contributed by atoms with E-state index in [1.807, 2.05) is 22.9 Å². The summed E-state index contributed by atoms with van der Waals surface area (Å²) in [4.78, 5) is 15.6. The first-order valence-corrected chi connectivity index (χ1v) is 7.27. The molecule has 0 aliphatic heterocycles. The summed E-state index contributed by atoms with van der Waals surface area (Å²) in [5, 5.41) is 13.8. The average Bonchev–Trinajstić information content (AvgIpc) is 3.00. The van der Waals surface area contributed by atoms with Crippen molar-refractivity contribution in [3.63, 3.8) is 0 Å². The highest BCUT2D eigenvalue weighted by molar-refractivity contribution is 5.88. The van der Waals surface area contributed by atoms with Gasteiger partial charge in [0.15, 0.2) is 0 Å². The Morgan fingerprint density at radius 3 is 2.77 bits per heavy atom. The maximum absolute atomic E-state index is 11.2. The van der Waals surface area contributed by atoms with Gasteiger partial charge in [-0.25, -0.2) is 9.78 Å². The predicted octanol–water partition coefficient (Wildman–Crippen LogP) is 2.92. The Labute approximate surface area is 128 Å². The van der Waals surface area contributed by atoms with Gasteiger partial charge in [-0.1, -0.05) is 6.92 Å². The van der Waals surface area contributed by atoms with E-state index >= 15 is 0 Å². The Balaban J connectivity index is 2.22. The van der Waals surface area contributed by atoms with Crippen LogP contribution in [0.25, 0.3) is 16.9 Å². The van der Waals surface area contributed by atoms with E-state index in [0.29, 0.717) is 0 Å². The Morgan fingerprint density at radius 2 is 2.09 bits per heavy atom. The molecule has 0 aliphatic rings. The molecular formula is C16H18N4O2. The second kappa shape index (κ2) is 5.29. The minimum Gasteiger partial charge on any atom is -0.478 e. The van der Waals surface area contributed by atoms with Gasteiger partial charge in [0.05, 0.1) is 23.1 Å². The molecule has 0 aromatic carbocycles. The predicted molar refractivity (Wildman–Crippen MR) is 83.1 cm³/mol. The first kappa shape index (κ1) is 14.3. The zero-order valence-electron chi connectivity index (χ0n) is 12.9. The Bertz CT molecular complexity index is 861. The largest absolute Gasteiger partial charge is 0.478 e. The van der Waals surface area contributed by atoms with Crippen molar-refractivity contribution in [3.8, 4) is 11.3 Å². The highest BCUT2D eigenvalue weighted by Gasteiger charge is 2.17. The summed E-state index contributed by atoms with van der Waals surface area (Å²) < 4.78 is 3.81. The molecule has 0 spiro atoms. The third kappa shape index (κ3) is 2.16. The normalized spacial score (nSPS) is 11.2. The number of rotatable bonds is 4. The lowest BCUT2D eigenvalue weighted by atomic mass is 10.1. The van der Waals surface area contributed by atoms with E-state index in [4.69, 9.17) is 0 Å². The number of carboxylic acids is 1. The quantitative estimate of drug-likeness (QED) is 0.803. The van der Waals surface area contributed by atoms with Gasteiger partial charge in [-0.05, 0) is 32.4 Å². The Morgan fingerprint density at radius 1 is 1.32 bits per heavy atom. The van der Waals surface area contributed by atoms with Crippen LogP contribution >= 0.6 is 0 Å². The van der Waals surface area contributed by atoms with Crippen molar-refractivity contribution >= 4 is 11.6 Å². The van der Waals surface area contributed by atoms with Crippen molar-refractivity contribution in [1.29, 1.82) is 0 Å². The molecule has 114 valence electrons. The number of nitrogens with zero attached hydrogens (tertiary/aromatic N) is 4. The van der Waals surface area contributed by atoms with Crippen LogP contribution in [-0.4, -0.2) is 30.2 Å². The molecule has 0 saturated carbocycles. The summed E-state index contributed by atoms with van der Waals surface area (Å²) in [5.41, 5.74) is 4.85. The molecule has 0 bridgehead atoms. The third-order valence-corrected chi connectivity index (χ3v) is 3.83. The highest BCUT2D eigenvalue weighted by atomic mass is 16.4. The van der Waals surface area contributed by atoms with E-state index < -0.39 is 5.97 Å². The maximum atomic E-state index is 11.2. The number of carboxylic acid groups (broad SMARTS) is 1. The van der Waals surface area contributed by atoms with Crippen LogP contribution in [0.4, 0.5) is 0 Å². The van der Waals surface area contributed by atoms with Crippen molar-refractivity contribution in [1.82, 2.24) is 19.2 Å². The summed E-state index contributed by atoms with van der Waals surface area (Å²) in [7, 11) is 0. The van der Waals surface area contributed by atoms with Gasteiger partial charge in [-0.15, -0.1) is 0 Å². The average molecular weight is 298 g/mol. The van der Waals surface area contributed by atoms with Crippen LogP contribution in [0.15, 0.2) is 24.5 Å². The van der Waals surface area contributed by atoms with Gasteiger partial charge in [-0.3, -0.25) is 9.08 Å². The van der Waals surface area contributed by atoms with E-state index in [-0.39, 0.29) is 5.56 Å². The molecule has 22 heavy (non-hydrogen) atoms. The van der Waals surface area contributed by atoms with Gasteiger partial charge in [0.2, 0.25) is 0 Å². The van der Waals surface area contributed by atoms with Crippen LogP contribution < -0.4 is 0 Å². The van der Waals surface area contributed by atoms with Crippen LogP contribution in [-0.2, 0) is 6.54 Å². The molecule has 1 N–H and O–H groups in total. The second-order valence-corrected chi connectivity index (χ2v) is 5.36. The van der Waals surface area contributed by atoms with E-state index in [1.165, 1.54) is 0 Å². The van der Waals surface area contributed by atoms with Gasteiger partial charge in [0.1, 0.15) is 5.65 Å². The molecule has 3 rings (SSSR count). The van der Waals surface area contributed by atoms with E-state index in [0.717, 1.165) is 41.3 Å². The monoisotopic (exact) mass is 298 g/mol. The van der Waals surface area contributed by atoms with Crippen LogP contribution in [0.5, 0.6) is 0 Å². The zero-order valence-corrected chi connectivity index (χ0v) is 12.9. The summed E-state index contributed by atoms with van der Waals surface area (Å²) in [6.07, 6.45) is 4.39. The molecule has 3 heterocycles. The molecular weight excluding hydrogens is 280 g/mol. The summed E-state index contributed by atoms with van der Waals surface area (Å²) in [6.45, 7) is 6.98. The molecule has 0 saturated heterocycles. The van der Waals surface area contributed by atoms with Gasteiger partial charge < -0.3 is 5.11 Å². The molecule has 0 amide bonds. The van der Waals surface area contributed by atoms with Crippen molar-refractivity contribution in [2.24, 2.45) is 0 Å². The number of aryl methyl sites for hydroxylation is 2. The second-order valence-electron chi connectivity index (χ2n) is 5.36. The van der Waals surface area contributed by atoms with Gasteiger partial charge in [0.25, 0.3) is 0 Å². The number of carbonyl (C=O) groups is 1. The summed E-state index contributed by atoms with van der Waals surface area (Å²) in [5.74, 6) is -0.948. The molecule has 0 aliphatic carbocycles. The van der Waals surface area contributed by atoms with Crippen molar-refractivity contribution in [3.05, 3.63) is 41.5 Å². The number of pyridine rings is 1. The molecule has 6 heteroatoms. The molecule has 3 aromatic heterocycles. The third-order valence-electron chi connectivity index (χ3n) is 3.83. The van der Waals surface area contributed by atoms with Gasteiger partial charge >= 0.3 is 5.97 Å². The summed E-state index contributed by atoms with van der Waals surface area (Å²) in [6, 6.07) is 3.28. The fourth-order valence-electron chi connectivity index (χ4n) is 2.79. The lowest BCUT2D eigenvalue weighted by molar-refractivity contribution is 0.0696. The van der Waals surface area contributed by atoms with Crippen LogP contribution in [0, 0.1) is 13.8 Å². The number of hydrogen-bond acceptors (Lipinski definition) is 3. The fourth-order valence-corrected chi connectivity index (χ4v) is 2.79. The first-order chi connectivity index (χ1) is 10.5. The highest BCUT2D eigenvalue weighted by Crippen LogP contribution is 2.28. The topological polar surface area (TPSA) is 72.4 Å². The lowest BCUT2D eigenvalue weighted by Gasteiger charge is -2.05. The zero-order chi connectivity index (χ0) is 15.9. The Kier molecular flexibility index (Phi) is 3.44. The lowest BCUT2D eigenvalue weighted by Crippen LogP contribution is -2.02. The van der Waals surface area contributed by atoms with Crippen LogP contribution in [0.2, 0.25) is 0 Å². The summed E-state index contributed by atoms with van der Waals surface area (Å²) >= 11 is 0. The smallest absolute Gasteiger partial charge is 0.337 e. The van der Waals surface area contributed by atoms with Gasteiger partial charge in [0, 0.05) is 24.0 Å². The van der Waals surface area contributed by atoms with E-state index in [2.05, 4.69) is 17.0 Å². The van der Waals surface area contributed by atoms with Crippen molar-refractivity contribution in [2.75, 3.05) is 0 Å². The van der Waals surface area contributed by atoms with E-state index in [1.54, 1.807) is 24.5 Å². The van der Waals surface area contributed by atoms with E-state index in [9.17, 15) is 9.90 Å². The standard InChI is InChI=1S/C16H18N4O2/c1-4-7-20-11(3)15(10(2)18-20)13-8-17-14-6-5-12(16(21)22)9-19(13)14/h5-6,8-9H,4,7H2,1-3H3,(H,21,22). The van der Waals surface area contributed by atoms with Crippen molar-refractivity contribution < 1.29 is 9.90 Å². The van der Waals surface area contributed by atoms with Crippen LogP contribution in [0.1, 0.15) is 35.1 Å². The minimum atomic E-state index is -0.948. The molecule has 0 radical (unpaired) electrons. The molecule has 6 nitrogen and oxygen atoms in total. The molecule has 3 aromatic rings. The van der Waals surface area contributed by atoms with Crippen LogP contribution in [0.3, 0.4) is 0 Å². The SMILES string of the molecule is CCCn1nc(C)c(-c2cnc3ccc(C(=O)O)cn23)c1C. The molecule has 0 atom stereocenters. The molecule has 0 fully saturated rings. The number of hydrogen-bond donors (Lipinski definition) is 1. The number of aromatic carboxylic acids is 1. The minimum absolute atomic E-state index is 0.239. The van der Waals surface area contributed by atoms with Gasteiger partial charge in [-0.2, -0.15) is 5.10 Å². The number of aromatic nitrogens is 4. The molecule has 0 unspecified atom stereocenters. The number of imidazole rings is 1.